The molecule has 0 aliphatic heterocycles. The van der Waals surface area contributed by atoms with E-state index in [4.69, 9.17) is 4.52 Å². The summed E-state index contributed by atoms with van der Waals surface area (Å²) in [6, 6.07) is 18.3. The van der Waals surface area contributed by atoms with E-state index >= 15 is 0 Å². The highest BCUT2D eigenvalue weighted by Gasteiger charge is 2.23. The van der Waals surface area contributed by atoms with Crippen molar-refractivity contribution < 1.29 is 9.32 Å². The molecule has 1 saturated carbocycles. The van der Waals surface area contributed by atoms with Gasteiger partial charge < -0.3 is 9.84 Å². The summed E-state index contributed by atoms with van der Waals surface area (Å²) >= 11 is 0. The van der Waals surface area contributed by atoms with Gasteiger partial charge in [-0.3, -0.25) is 9.69 Å². The van der Waals surface area contributed by atoms with E-state index in [0.717, 1.165) is 23.4 Å². The van der Waals surface area contributed by atoms with Crippen LogP contribution >= 0.6 is 0 Å². The third-order valence-corrected chi connectivity index (χ3v) is 6.02. The van der Waals surface area contributed by atoms with Crippen molar-refractivity contribution in [1.82, 2.24) is 10.1 Å². The standard InChI is InChI=1S/C25H29N3O2/c1-18-23(24(27-30-18)19-11-5-3-6-12-19)25(29)26-22-16-10-9-13-20(22)17-28(2)21-14-7-4-8-15-21/h3,5-6,9-13,16,21H,4,7-8,14-15,17H2,1-2H3,(H,26,29). The first kappa shape index (κ1) is 20.4. The van der Waals surface area contributed by atoms with E-state index in [-0.39, 0.29) is 5.91 Å². The van der Waals surface area contributed by atoms with E-state index in [1.54, 1.807) is 6.92 Å². The molecule has 1 aliphatic rings. The van der Waals surface area contributed by atoms with Gasteiger partial charge in [0.2, 0.25) is 0 Å². The largest absolute Gasteiger partial charge is 0.360 e. The van der Waals surface area contributed by atoms with Crippen LogP contribution in [0.2, 0.25) is 0 Å². The van der Waals surface area contributed by atoms with Crippen molar-refractivity contribution in [1.29, 1.82) is 0 Å². The average molecular weight is 404 g/mol. The van der Waals surface area contributed by atoms with Gasteiger partial charge >= 0.3 is 0 Å². The molecule has 1 fully saturated rings. The monoisotopic (exact) mass is 403 g/mol. The molecule has 1 N–H and O–H groups in total. The fourth-order valence-electron chi connectivity index (χ4n) is 4.32. The highest BCUT2D eigenvalue weighted by molar-refractivity contribution is 6.09. The Labute approximate surface area is 178 Å². The predicted molar refractivity (Wildman–Crippen MR) is 119 cm³/mol. The zero-order chi connectivity index (χ0) is 20.9. The number of hydrogen-bond acceptors (Lipinski definition) is 4. The van der Waals surface area contributed by atoms with Crippen molar-refractivity contribution >= 4 is 11.6 Å². The maximum atomic E-state index is 13.2. The quantitative estimate of drug-likeness (QED) is 0.576. The number of rotatable bonds is 6. The molecular formula is C25H29N3O2. The summed E-state index contributed by atoms with van der Waals surface area (Å²) < 4.78 is 5.36. The molecule has 4 rings (SSSR count). The zero-order valence-corrected chi connectivity index (χ0v) is 17.7. The second kappa shape index (κ2) is 9.26. The molecule has 0 atom stereocenters. The van der Waals surface area contributed by atoms with Crippen molar-refractivity contribution in [2.75, 3.05) is 12.4 Å². The molecule has 1 aromatic heterocycles. The number of aryl methyl sites for hydroxylation is 1. The molecule has 2 aromatic carbocycles. The third-order valence-electron chi connectivity index (χ3n) is 6.02. The average Bonchev–Trinajstić information content (AvgIpc) is 3.18. The van der Waals surface area contributed by atoms with Gasteiger partial charge in [-0.15, -0.1) is 0 Å². The van der Waals surface area contributed by atoms with Gasteiger partial charge in [-0.2, -0.15) is 0 Å². The zero-order valence-electron chi connectivity index (χ0n) is 17.7. The van der Waals surface area contributed by atoms with Crippen LogP contribution in [0.1, 0.15) is 53.8 Å². The number of para-hydroxylation sites is 1. The smallest absolute Gasteiger partial charge is 0.261 e. The van der Waals surface area contributed by atoms with E-state index in [2.05, 4.69) is 28.5 Å². The molecule has 0 bridgehead atoms. The van der Waals surface area contributed by atoms with Gasteiger partial charge in [-0.1, -0.05) is 73.0 Å². The molecule has 5 heteroatoms. The van der Waals surface area contributed by atoms with Gasteiger partial charge in [0.05, 0.1) is 0 Å². The lowest BCUT2D eigenvalue weighted by atomic mass is 9.94. The van der Waals surface area contributed by atoms with Gasteiger partial charge in [0.15, 0.2) is 0 Å². The van der Waals surface area contributed by atoms with E-state index in [9.17, 15) is 4.79 Å². The summed E-state index contributed by atoms with van der Waals surface area (Å²) in [6.07, 6.45) is 6.47. The summed E-state index contributed by atoms with van der Waals surface area (Å²) in [4.78, 5) is 15.6. The molecule has 0 saturated heterocycles. The number of carbonyl (C=O) groups excluding carboxylic acids is 1. The minimum absolute atomic E-state index is 0.194. The summed E-state index contributed by atoms with van der Waals surface area (Å²) in [5.41, 5.74) is 3.88. The first-order chi connectivity index (χ1) is 14.6. The van der Waals surface area contributed by atoms with Crippen LogP contribution < -0.4 is 5.32 Å². The molecule has 1 aliphatic carbocycles. The first-order valence-electron chi connectivity index (χ1n) is 10.7. The Morgan fingerprint density at radius 1 is 1.07 bits per heavy atom. The Morgan fingerprint density at radius 2 is 1.77 bits per heavy atom. The van der Waals surface area contributed by atoms with Crippen molar-refractivity contribution in [2.45, 2.75) is 51.6 Å². The molecule has 0 unspecified atom stereocenters. The second-order valence-corrected chi connectivity index (χ2v) is 8.15. The van der Waals surface area contributed by atoms with Gasteiger partial charge in [-0.25, -0.2) is 0 Å². The lowest BCUT2D eigenvalue weighted by Crippen LogP contribution is -2.33. The van der Waals surface area contributed by atoms with E-state index in [0.29, 0.717) is 23.1 Å². The number of benzene rings is 2. The molecule has 30 heavy (non-hydrogen) atoms. The molecule has 1 amide bonds. The molecular weight excluding hydrogens is 374 g/mol. The van der Waals surface area contributed by atoms with Gasteiger partial charge in [-0.05, 0) is 38.4 Å². The maximum Gasteiger partial charge on any atom is 0.261 e. The topological polar surface area (TPSA) is 58.4 Å². The van der Waals surface area contributed by atoms with Crippen LogP contribution in [0, 0.1) is 6.92 Å². The van der Waals surface area contributed by atoms with Crippen LogP contribution in [-0.4, -0.2) is 29.1 Å². The molecule has 5 nitrogen and oxygen atoms in total. The van der Waals surface area contributed by atoms with Crippen LogP contribution in [0.15, 0.2) is 59.1 Å². The highest BCUT2D eigenvalue weighted by atomic mass is 16.5. The van der Waals surface area contributed by atoms with E-state index < -0.39 is 0 Å². The Balaban J connectivity index is 1.54. The fourth-order valence-corrected chi connectivity index (χ4v) is 4.32. The minimum atomic E-state index is -0.194. The number of nitrogens with zero attached hydrogens (tertiary/aromatic N) is 2. The number of carbonyl (C=O) groups is 1. The van der Waals surface area contributed by atoms with Crippen molar-refractivity contribution in [3.63, 3.8) is 0 Å². The summed E-state index contributed by atoms with van der Waals surface area (Å²) in [6.45, 7) is 2.59. The van der Waals surface area contributed by atoms with E-state index in [1.807, 2.05) is 48.5 Å². The van der Waals surface area contributed by atoms with Crippen LogP contribution in [0.25, 0.3) is 11.3 Å². The highest BCUT2D eigenvalue weighted by Crippen LogP contribution is 2.28. The Hall–Kier alpha value is -2.92. The van der Waals surface area contributed by atoms with Crippen molar-refractivity contribution in [2.24, 2.45) is 0 Å². The number of hydrogen-bond donors (Lipinski definition) is 1. The molecule has 1 heterocycles. The Kier molecular flexibility index (Phi) is 6.29. The number of nitrogens with one attached hydrogen (secondary N) is 1. The summed E-state index contributed by atoms with van der Waals surface area (Å²) in [7, 11) is 2.19. The van der Waals surface area contributed by atoms with Crippen molar-refractivity contribution in [3.05, 3.63) is 71.5 Å². The van der Waals surface area contributed by atoms with Crippen molar-refractivity contribution in [3.8, 4) is 11.3 Å². The van der Waals surface area contributed by atoms with E-state index in [1.165, 1.54) is 32.1 Å². The number of aromatic nitrogens is 1. The van der Waals surface area contributed by atoms with Gasteiger partial charge in [0, 0.05) is 23.8 Å². The summed E-state index contributed by atoms with van der Waals surface area (Å²) in [5.74, 6) is 0.323. The molecule has 156 valence electrons. The lowest BCUT2D eigenvalue weighted by Gasteiger charge is -2.31. The minimum Gasteiger partial charge on any atom is -0.360 e. The van der Waals surface area contributed by atoms with Crippen LogP contribution in [-0.2, 0) is 6.54 Å². The Bertz CT molecular complexity index is 991. The van der Waals surface area contributed by atoms with Crippen LogP contribution in [0.3, 0.4) is 0 Å². The molecule has 0 spiro atoms. The molecule has 0 radical (unpaired) electrons. The first-order valence-corrected chi connectivity index (χ1v) is 10.7. The normalized spacial score (nSPS) is 14.8. The predicted octanol–water partition coefficient (Wildman–Crippen LogP) is 5.67. The van der Waals surface area contributed by atoms with Gasteiger partial charge in [0.1, 0.15) is 17.0 Å². The van der Waals surface area contributed by atoms with Crippen LogP contribution in [0.4, 0.5) is 5.69 Å². The molecule has 3 aromatic rings. The third kappa shape index (κ3) is 4.46. The van der Waals surface area contributed by atoms with Gasteiger partial charge in [0.25, 0.3) is 5.91 Å². The van der Waals surface area contributed by atoms with Crippen LogP contribution in [0.5, 0.6) is 0 Å². The number of amides is 1. The Morgan fingerprint density at radius 3 is 2.53 bits per heavy atom. The SMILES string of the molecule is Cc1onc(-c2ccccc2)c1C(=O)Nc1ccccc1CN(C)C1CCCCC1. The second-order valence-electron chi connectivity index (χ2n) is 8.15. The summed E-state index contributed by atoms with van der Waals surface area (Å²) in [5, 5.41) is 7.24. The number of anilines is 1. The lowest BCUT2D eigenvalue weighted by molar-refractivity contribution is 0.102. The fraction of sp³-hybridized carbons (Fsp3) is 0.360. The maximum absolute atomic E-state index is 13.2.